The average Bonchev–Trinajstić information content (AvgIpc) is 3.01. The molecule has 0 radical (unpaired) electrons. The molecule has 0 saturated carbocycles. The van der Waals surface area contributed by atoms with Crippen LogP contribution in [0.1, 0.15) is 48.9 Å². The molecule has 1 aromatic rings. The molecule has 2 aliphatic rings. The molecule has 1 aromatic heterocycles. The van der Waals surface area contributed by atoms with E-state index in [9.17, 15) is 9.59 Å². The first-order valence-electron chi connectivity index (χ1n) is 7.74. The molecule has 1 atom stereocenters. The molecular weight excluding hydrogens is 318 g/mol. The van der Waals surface area contributed by atoms with Crippen molar-refractivity contribution in [1.82, 2.24) is 25.7 Å². The molecule has 7 nitrogen and oxygen atoms in total. The fraction of sp³-hybridized carbons (Fsp3) is 0.667. The second-order valence-corrected chi connectivity index (χ2v) is 7.01. The number of likely N-dealkylation sites (tertiary alicyclic amines) is 1. The Morgan fingerprint density at radius 3 is 2.78 bits per heavy atom. The first-order chi connectivity index (χ1) is 10.4. The highest BCUT2D eigenvalue weighted by Gasteiger charge is 2.37. The van der Waals surface area contributed by atoms with Crippen molar-refractivity contribution < 1.29 is 9.59 Å². The van der Waals surface area contributed by atoms with E-state index in [-0.39, 0.29) is 35.8 Å². The molecule has 3 rings (SSSR count). The highest BCUT2D eigenvalue weighted by Crippen LogP contribution is 2.22. The van der Waals surface area contributed by atoms with Crippen molar-refractivity contribution in [3.63, 3.8) is 0 Å². The second-order valence-electron chi connectivity index (χ2n) is 7.01. The number of aromatic nitrogens is 2. The molecule has 1 saturated heterocycles. The van der Waals surface area contributed by atoms with E-state index in [4.69, 9.17) is 0 Å². The quantitative estimate of drug-likeness (QED) is 0.735. The molecule has 3 heterocycles. The summed E-state index contributed by atoms with van der Waals surface area (Å²) in [5.74, 6) is -0.113. The normalized spacial score (nSPS) is 20.9. The minimum Gasteiger partial charge on any atom is -0.346 e. The lowest BCUT2D eigenvalue weighted by atomic mass is 10.1. The predicted octanol–water partition coefficient (Wildman–Crippen LogP) is 0.606. The second kappa shape index (κ2) is 6.49. The summed E-state index contributed by atoms with van der Waals surface area (Å²) >= 11 is 0. The Bertz CT molecular complexity index is 607. The molecule has 3 N–H and O–H groups in total. The third kappa shape index (κ3) is 3.50. The predicted molar refractivity (Wildman–Crippen MR) is 88.6 cm³/mol. The fourth-order valence-electron chi connectivity index (χ4n) is 3.12. The highest BCUT2D eigenvalue weighted by atomic mass is 35.5. The van der Waals surface area contributed by atoms with Crippen molar-refractivity contribution in [2.45, 2.75) is 51.7 Å². The van der Waals surface area contributed by atoms with Gasteiger partial charge in [-0.15, -0.1) is 12.4 Å². The van der Waals surface area contributed by atoms with Gasteiger partial charge >= 0.3 is 0 Å². The number of aromatic amines is 1. The molecule has 8 heteroatoms. The zero-order valence-electron chi connectivity index (χ0n) is 13.7. The van der Waals surface area contributed by atoms with Gasteiger partial charge in [-0.2, -0.15) is 5.10 Å². The Labute approximate surface area is 142 Å². The number of carbonyl (C=O) groups is 2. The average molecular weight is 342 g/mol. The maximum atomic E-state index is 12.4. The molecule has 23 heavy (non-hydrogen) atoms. The Hall–Kier alpha value is -1.60. The Balaban J connectivity index is 0.00000192. The number of amides is 2. The van der Waals surface area contributed by atoms with Gasteiger partial charge in [-0.25, -0.2) is 0 Å². The van der Waals surface area contributed by atoms with Gasteiger partial charge < -0.3 is 15.5 Å². The van der Waals surface area contributed by atoms with Crippen LogP contribution in [0.2, 0.25) is 0 Å². The number of halogens is 1. The van der Waals surface area contributed by atoms with Gasteiger partial charge in [0.2, 0.25) is 5.91 Å². The molecule has 0 bridgehead atoms. The molecule has 0 aliphatic carbocycles. The van der Waals surface area contributed by atoms with Crippen molar-refractivity contribution >= 4 is 24.2 Å². The highest BCUT2D eigenvalue weighted by molar-refractivity contribution is 5.95. The molecule has 2 amide bonds. The first-order valence-corrected chi connectivity index (χ1v) is 7.74. The van der Waals surface area contributed by atoms with Gasteiger partial charge in [-0.05, 0) is 20.8 Å². The van der Waals surface area contributed by atoms with Crippen LogP contribution in [0.5, 0.6) is 0 Å². The zero-order chi connectivity index (χ0) is 15.9. The van der Waals surface area contributed by atoms with Crippen LogP contribution in [0.15, 0.2) is 0 Å². The third-order valence-corrected chi connectivity index (χ3v) is 4.29. The lowest BCUT2D eigenvalue weighted by Crippen LogP contribution is -2.44. The molecule has 2 aliphatic heterocycles. The number of hydrogen-bond acceptors (Lipinski definition) is 4. The van der Waals surface area contributed by atoms with E-state index in [1.165, 1.54) is 0 Å². The van der Waals surface area contributed by atoms with Crippen LogP contribution in [-0.2, 0) is 17.8 Å². The topological polar surface area (TPSA) is 90.1 Å². The molecule has 1 unspecified atom stereocenters. The maximum absolute atomic E-state index is 12.4. The van der Waals surface area contributed by atoms with Crippen LogP contribution >= 0.6 is 12.4 Å². The zero-order valence-corrected chi connectivity index (χ0v) is 14.5. The van der Waals surface area contributed by atoms with Crippen LogP contribution in [0, 0.1) is 0 Å². The number of hydrogen-bond donors (Lipinski definition) is 3. The lowest BCUT2D eigenvalue weighted by molar-refractivity contribution is -0.131. The number of H-pyrrole nitrogens is 1. The van der Waals surface area contributed by atoms with E-state index in [0.717, 1.165) is 24.2 Å². The SMILES string of the molecule is CC(C)(C)N1CC(NC(=O)c2n[nH]c3c2CNCC3)CC1=O.Cl. The van der Waals surface area contributed by atoms with Crippen molar-refractivity contribution in [1.29, 1.82) is 0 Å². The van der Waals surface area contributed by atoms with E-state index < -0.39 is 0 Å². The number of nitrogens with one attached hydrogen (secondary N) is 3. The Morgan fingerprint density at radius 2 is 2.13 bits per heavy atom. The first kappa shape index (κ1) is 17.7. The largest absolute Gasteiger partial charge is 0.346 e. The molecular formula is C15H24ClN5O2. The molecule has 128 valence electrons. The summed E-state index contributed by atoms with van der Waals surface area (Å²) in [5.41, 5.74) is 2.21. The van der Waals surface area contributed by atoms with Gasteiger partial charge in [-0.1, -0.05) is 0 Å². The summed E-state index contributed by atoms with van der Waals surface area (Å²) in [6.45, 7) is 8.12. The van der Waals surface area contributed by atoms with Crippen LogP contribution in [0.25, 0.3) is 0 Å². The van der Waals surface area contributed by atoms with Crippen LogP contribution in [0.4, 0.5) is 0 Å². The van der Waals surface area contributed by atoms with Crippen molar-refractivity contribution in [3.05, 3.63) is 17.0 Å². The number of nitrogens with zero attached hydrogens (tertiary/aromatic N) is 2. The fourth-order valence-corrected chi connectivity index (χ4v) is 3.12. The van der Waals surface area contributed by atoms with E-state index in [0.29, 0.717) is 25.2 Å². The molecule has 1 fully saturated rings. The van der Waals surface area contributed by atoms with Crippen LogP contribution < -0.4 is 10.6 Å². The maximum Gasteiger partial charge on any atom is 0.272 e. The summed E-state index contributed by atoms with van der Waals surface area (Å²) < 4.78 is 0. The van der Waals surface area contributed by atoms with Crippen LogP contribution in [-0.4, -0.2) is 51.6 Å². The minimum atomic E-state index is -0.216. The number of fused-ring (bicyclic) bond motifs is 1. The Kier molecular flexibility index (Phi) is 5.01. The number of carbonyl (C=O) groups excluding carboxylic acids is 2. The van der Waals surface area contributed by atoms with Crippen molar-refractivity contribution in [2.24, 2.45) is 0 Å². The van der Waals surface area contributed by atoms with Gasteiger partial charge in [0, 0.05) is 49.3 Å². The number of rotatable bonds is 2. The molecule has 0 spiro atoms. The summed E-state index contributed by atoms with van der Waals surface area (Å²) in [5, 5.41) is 13.3. The molecule has 0 aromatic carbocycles. The lowest BCUT2D eigenvalue weighted by Gasteiger charge is -2.32. The van der Waals surface area contributed by atoms with E-state index >= 15 is 0 Å². The van der Waals surface area contributed by atoms with Crippen molar-refractivity contribution in [2.75, 3.05) is 13.1 Å². The van der Waals surface area contributed by atoms with Gasteiger partial charge in [0.1, 0.15) is 0 Å². The minimum absolute atomic E-state index is 0. The van der Waals surface area contributed by atoms with Crippen molar-refractivity contribution in [3.8, 4) is 0 Å². The van der Waals surface area contributed by atoms with Crippen LogP contribution in [0.3, 0.4) is 0 Å². The van der Waals surface area contributed by atoms with E-state index in [2.05, 4.69) is 20.8 Å². The summed E-state index contributed by atoms with van der Waals surface area (Å²) in [6.07, 6.45) is 1.21. The monoisotopic (exact) mass is 341 g/mol. The van der Waals surface area contributed by atoms with E-state index in [1.54, 1.807) is 0 Å². The third-order valence-electron chi connectivity index (χ3n) is 4.29. The summed E-state index contributed by atoms with van der Waals surface area (Å²) in [7, 11) is 0. The van der Waals surface area contributed by atoms with Gasteiger partial charge in [-0.3, -0.25) is 14.7 Å². The van der Waals surface area contributed by atoms with Gasteiger partial charge in [0.25, 0.3) is 5.91 Å². The van der Waals surface area contributed by atoms with Gasteiger partial charge in [0.05, 0.1) is 6.04 Å². The van der Waals surface area contributed by atoms with Gasteiger partial charge in [0.15, 0.2) is 5.69 Å². The summed E-state index contributed by atoms with van der Waals surface area (Å²) in [4.78, 5) is 26.3. The standard InChI is InChI=1S/C15H23N5O2.ClH/c1-15(2,3)20-8-9(6-12(20)21)17-14(22)13-10-7-16-5-4-11(10)18-19-13;/h9,16H,4-8H2,1-3H3,(H,17,22)(H,18,19);1H. The smallest absolute Gasteiger partial charge is 0.272 e. The Morgan fingerprint density at radius 1 is 1.39 bits per heavy atom. The summed E-state index contributed by atoms with van der Waals surface area (Å²) in [6, 6.07) is -0.150. The van der Waals surface area contributed by atoms with E-state index in [1.807, 2.05) is 25.7 Å².